The Morgan fingerprint density at radius 1 is 0.842 bits per heavy atom. The zero-order chi connectivity index (χ0) is 14.5. The van der Waals surface area contributed by atoms with Gasteiger partial charge in [0.05, 0.1) is 0 Å². The molecule has 0 heterocycles. The number of anilines is 2. The number of benzene rings is 1. The second kappa shape index (κ2) is 6.99. The predicted molar refractivity (Wildman–Crippen MR) is 91.0 cm³/mol. The highest BCUT2D eigenvalue weighted by Crippen LogP contribution is 2.24. The highest BCUT2D eigenvalue weighted by molar-refractivity contribution is 6.79. The molecule has 0 atom stereocenters. The van der Waals surface area contributed by atoms with Crippen LogP contribution in [-0.2, 0) is 0 Å². The van der Waals surface area contributed by atoms with Gasteiger partial charge in [-0.2, -0.15) is 0 Å². The first-order valence-electron chi connectivity index (χ1n) is 7.56. The molecule has 1 aromatic carbocycles. The monoisotopic (exact) mass is 278 g/mol. The number of hydrogen-bond donors (Lipinski definition) is 0. The van der Waals surface area contributed by atoms with Crippen LogP contribution < -0.4 is 9.47 Å². The van der Waals surface area contributed by atoms with Gasteiger partial charge in [0.25, 0.3) is 0 Å². The molecule has 0 aliphatic rings. The van der Waals surface area contributed by atoms with E-state index in [1.165, 1.54) is 17.8 Å². The molecule has 1 aromatic rings. The molecule has 0 amide bonds. The van der Waals surface area contributed by atoms with E-state index >= 15 is 0 Å². The Morgan fingerprint density at radius 2 is 1.37 bits per heavy atom. The van der Waals surface area contributed by atoms with Crippen LogP contribution in [0.2, 0.25) is 19.6 Å². The molecular formula is C16H30N2Si. The van der Waals surface area contributed by atoms with Crippen LogP contribution in [0.1, 0.15) is 27.2 Å². The minimum absolute atomic E-state index is 1.08. The second-order valence-electron chi connectivity index (χ2n) is 6.01. The van der Waals surface area contributed by atoms with Gasteiger partial charge in [0, 0.05) is 31.0 Å². The molecule has 0 fully saturated rings. The summed E-state index contributed by atoms with van der Waals surface area (Å²) in [5.41, 5.74) is 2.72. The average molecular weight is 279 g/mol. The molecule has 0 unspecified atom stereocenters. The van der Waals surface area contributed by atoms with E-state index in [1.807, 2.05) is 0 Å². The lowest BCUT2D eigenvalue weighted by atomic mass is 10.2. The smallest absolute Gasteiger partial charge is 0.147 e. The van der Waals surface area contributed by atoms with Crippen molar-refractivity contribution in [3.05, 3.63) is 24.3 Å². The molecule has 3 heteroatoms. The molecule has 0 aliphatic heterocycles. The predicted octanol–water partition coefficient (Wildman–Crippen LogP) is 4.58. The zero-order valence-electron chi connectivity index (χ0n) is 13.5. The third-order valence-electron chi connectivity index (χ3n) is 3.53. The van der Waals surface area contributed by atoms with Crippen LogP contribution in [-0.4, -0.2) is 27.9 Å². The van der Waals surface area contributed by atoms with Gasteiger partial charge in [0.15, 0.2) is 0 Å². The summed E-state index contributed by atoms with van der Waals surface area (Å²) < 4.78 is 2.58. The quantitative estimate of drug-likeness (QED) is 0.673. The first-order valence-corrected chi connectivity index (χ1v) is 11.0. The Morgan fingerprint density at radius 3 is 1.74 bits per heavy atom. The maximum atomic E-state index is 2.58. The molecule has 0 saturated carbocycles. The molecule has 108 valence electrons. The average Bonchev–Trinajstić information content (AvgIpc) is 2.36. The van der Waals surface area contributed by atoms with Crippen LogP contribution in [0.5, 0.6) is 0 Å². The SMILES string of the molecule is CCCN(CC)c1ccc(N(CC)[Si](C)(C)C)cc1. The molecular weight excluding hydrogens is 248 g/mol. The molecule has 2 nitrogen and oxygen atoms in total. The van der Waals surface area contributed by atoms with Crippen LogP contribution >= 0.6 is 0 Å². The van der Waals surface area contributed by atoms with Crippen molar-refractivity contribution >= 4 is 19.6 Å². The van der Waals surface area contributed by atoms with Crippen molar-refractivity contribution in [1.82, 2.24) is 0 Å². The van der Waals surface area contributed by atoms with Gasteiger partial charge in [-0.15, -0.1) is 0 Å². The van der Waals surface area contributed by atoms with E-state index in [0.717, 1.165) is 19.6 Å². The summed E-state index contributed by atoms with van der Waals surface area (Å²) in [6, 6.07) is 9.12. The number of rotatable bonds is 7. The van der Waals surface area contributed by atoms with E-state index in [-0.39, 0.29) is 0 Å². The van der Waals surface area contributed by atoms with E-state index in [9.17, 15) is 0 Å². The lowest BCUT2D eigenvalue weighted by Gasteiger charge is -2.35. The molecule has 0 aliphatic carbocycles. The van der Waals surface area contributed by atoms with Gasteiger partial charge >= 0.3 is 0 Å². The van der Waals surface area contributed by atoms with Crippen LogP contribution in [0.15, 0.2) is 24.3 Å². The summed E-state index contributed by atoms with van der Waals surface area (Å²) in [6.45, 7) is 17.2. The van der Waals surface area contributed by atoms with Gasteiger partial charge < -0.3 is 9.47 Å². The summed E-state index contributed by atoms with van der Waals surface area (Å²) in [5, 5.41) is 0. The van der Waals surface area contributed by atoms with Gasteiger partial charge in [-0.05, 0) is 44.5 Å². The van der Waals surface area contributed by atoms with Gasteiger partial charge in [-0.3, -0.25) is 0 Å². The lowest BCUT2D eigenvalue weighted by molar-refractivity contribution is 0.792. The van der Waals surface area contributed by atoms with Crippen LogP contribution in [0.3, 0.4) is 0 Å². The minimum atomic E-state index is -1.28. The third-order valence-corrected chi connectivity index (χ3v) is 5.72. The van der Waals surface area contributed by atoms with Crippen LogP contribution in [0.4, 0.5) is 11.4 Å². The van der Waals surface area contributed by atoms with Gasteiger partial charge in [-0.1, -0.05) is 26.6 Å². The summed E-state index contributed by atoms with van der Waals surface area (Å²) in [7, 11) is -1.28. The Kier molecular flexibility index (Phi) is 5.92. The van der Waals surface area contributed by atoms with E-state index < -0.39 is 8.24 Å². The molecule has 0 N–H and O–H groups in total. The lowest BCUT2D eigenvalue weighted by Crippen LogP contribution is -2.46. The first kappa shape index (κ1) is 16.1. The first-order chi connectivity index (χ1) is 8.93. The fraction of sp³-hybridized carbons (Fsp3) is 0.625. The summed E-state index contributed by atoms with van der Waals surface area (Å²) in [5.74, 6) is 0. The largest absolute Gasteiger partial charge is 0.398 e. The van der Waals surface area contributed by atoms with Crippen LogP contribution in [0.25, 0.3) is 0 Å². The number of nitrogens with zero attached hydrogens (tertiary/aromatic N) is 2. The molecule has 19 heavy (non-hydrogen) atoms. The Bertz CT molecular complexity index is 367. The van der Waals surface area contributed by atoms with Crippen molar-refractivity contribution in [3.63, 3.8) is 0 Å². The topological polar surface area (TPSA) is 6.48 Å². The summed E-state index contributed by atoms with van der Waals surface area (Å²) in [6.07, 6.45) is 1.20. The molecule has 0 saturated heterocycles. The molecule has 0 aromatic heterocycles. The second-order valence-corrected chi connectivity index (χ2v) is 10.9. The van der Waals surface area contributed by atoms with E-state index in [2.05, 4.69) is 74.1 Å². The Labute approximate surface area is 120 Å². The highest BCUT2D eigenvalue weighted by atomic mass is 28.3. The minimum Gasteiger partial charge on any atom is -0.398 e. The number of hydrogen-bond acceptors (Lipinski definition) is 2. The van der Waals surface area contributed by atoms with Crippen molar-refractivity contribution < 1.29 is 0 Å². The van der Waals surface area contributed by atoms with Crippen molar-refractivity contribution in [1.29, 1.82) is 0 Å². The van der Waals surface area contributed by atoms with Crippen molar-refractivity contribution in [2.24, 2.45) is 0 Å². The van der Waals surface area contributed by atoms with Gasteiger partial charge in [0.1, 0.15) is 8.24 Å². The maximum absolute atomic E-state index is 2.58. The summed E-state index contributed by atoms with van der Waals surface area (Å²) in [4.78, 5) is 2.44. The fourth-order valence-corrected chi connectivity index (χ4v) is 4.50. The fourth-order valence-electron chi connectivity index (χ4n) is 2.63. The third kappa shape index (κ3) is 4.27. The normalized spacial score (nSPS) is 11.5. The van der Waals surface area contributed by atoms with Crippen LogP contribution in [0, 0.1) is 0 Å². The van der Waals surface area contributed by atoms with Crippen molar-refractivity contribution in [2.75, 3.05) is 29.1 Å². The van der Waals surface area contributed by atoms with E-state index in [1.54, 1.807) is 0 Å². The Hall–Kier alpha value is -0.963. The van der Waals surface area contributed by atoms with E-state index in [4.69, 9.17) is 0 Å². The van der Waals surface area contributed by atoms with E-state index in [0.29, 0.717) is 0 Å². The molecule has 0 spiro atoms. The molecule has 1 rings (SSSR count). The van der Waals surface area contributed by atoms with Crippen molar-refractivity contribution in [3.8, 4) is 0 Å². The standard InChI is InChI=1S/C16H30N2Si/c1-7-14-17(8-2)15-10-12-16(13-11-15)18(9-3)19(4,5)6/h10-13H,7-9,14H2,1-6H3. The maximum Gasteiger partial charge on any atom is 0.147 e. The molecule has 0 radical (unpaired) electrons. The zero-order valence-corrected chi connectivity index (χ0v) is 14.5. The van der Waals surface area contributed by atoms with Crippen molar-refractivity contribution in [2.45, 2.75) is 46.8 Å². The van der Waals surface area contributed by atoms with Gasteiger partial charge in [-0.25, -0.2) is 0 Å². The molecule has 0 bridgehead atoms. The highest BCUT2D eigenvalue weighted by Gasteiger charge is 2.22. The Balaban J connectivity index is 2.91. The van der Waals surface area contributed by atoms with Gasteiger partial charge in [0.2, 0.25) is 0 Å². The summed E-state index contributed by atoms with van der Waals surface area (Å²) >= 11 is 0.